The Kier molecular flexibility index (Phi) is 17.1. The molecule has 1 aromatic carbocycles. The summed E-state index contributed by atoms with van der Waals surface area (Å²) in [4.78, 5) is 36.3. The van der Waals surface area contributed by atoms with E-state index in [1.807, 2.05) is 13.8 Å². The number of nitrogens with zero attached hydrogens (tertiary/aromatic N) is 2. The molecule has 226 valence electrons. The van der Waals surface area contributed by atoms with Gasteiger partial charge in [-0.3, -0.25) is 9.05 Å². The van der Waals surface area contributed by atoms with Crippen LogP contribution in [0.5, 0.6) is 0 Å². The Balaban J connectivity index is 2.87. The zero-order valence-corrected chi connectivity index (χ0v) is 24.1. The van der Waals surface area contributed by atoms with Gasteiger partial charge < -0.3 is 34.7 Å². The number of guanidine groups is 1. The molecule has 15 heteroatoms. The maximum Gasteiger partial charge on any atom is 0.508 e. The summed E-state index contributed by atoms with van der Waals surface area (Å²) in [5, 5.41) is 9.75. The van der Waals surface area contributed by atoms with Crippen LogP contribution in [0.4, 0.5) is 9.59 Å². The van der Waals surface area contributed by atoms with Crippen LogP contribution in [0.3, 0.4) is 0 Å². The molecule has 0 spiro atoms. The van der Waals surface area contributed by atoms with Crippen molar-refractivity contribution in [1.29, 1.82) is 0 Å². The van der Waals surface area contributed by atoms with Gasteiger partial charge in [-0.1, -0.05) is 57.0 Å². The molecule has 0 heterocycles. The average Bonchev–Trinajstić information content (AvgIpc) is 2.92. The van der Waals surface area contributed by atoms with Crippen molar-refractivity contribution in [3.63, 3.8) is 0 Å². The van der Waals surface area contributed by atoms with Crippen LogP contribution in [0, 0.1) is 0 Å². The van der Waals surface area contributed by atoms with Gasteiger partial charge in [0.2, 0.25) is 5.96 Å². The molecular formula is C25H40N3O11P. The van der Waals surface area contributed by atoms with E-state index >= 15 is 0 Å². The molecule has 0 saturated heterocycles. The van der Waals surface area contributed by atoms with E-state index in [4.69, 9.17) is 33.7 Å². The number of hydrogen-bond acceptors (Lipinski definition) is 10. The van der Waals surface area contributed by atoms with E-state index < -0.39 is 51.2 Å². The van der Waals surface area contributed by atoms with Crippen molar-refractivity contribution >= 4 is 32.0 Å². The maximum absolute atomic E-state index is 13.4. The molecule has 1 rings (SSSR count). The van der Waals surface area contributed by atoms with Crippen molar-refractivity contribution < 1.29 is 52.1 Å². The van der Waals surface area contributed by atoms with Crippen LogP contribution in [0.1, 0.15) is 45.1 Å². The Hall–Kier alpha value is -3.35. The van der Waals surface area contributed by atoms with Crippen molar-refractivity contribution in [3.05, 3.63) is 35.9 Å². The third-order valence-corrected chi connectivity index (χ3v) is 6.63. The maximum atomic E-state index is 13.4. The van der Waals surface area contributed by atoms with Gasteiger partial charge in [0.25, 0.3) is 0 Å². The largest absolute Gasteiger partial charge is 0.508 e. The van der Waals surface area contributed by atoms with E-state index in [9.17, 15) is 24.1 Å². The molecule has 0 aliphatic carbocycles. The Labute approximate surface area is 234 Å². The highest BCUT2D eigenvalue weighted by Gasteiger charge is 2.30. The molecule has 0 bridgehead atoms. The predicted octanol–water partition coefficient (Wildman–Crippen LogP) is 3.98. The Morgan fingerprint density at radius 3 is 1.80 bits per heavy atom. The van der Waals surface area contributed by atoms with Gasteiger partial charge in [-0.15, -0.1) is 4.76 Å². The van der Waals surface area contributed by atoms with Gasteiger partial charge >= 0.3 is 26.0 Å². The van der Waals surface area contributed by atoms with E-state index in [1.165, 1.54) is 7.05 Å². The van der Waals surface area contributed by atoms with Crippen LogP contribution in [-0.2, 0) is 43.8 Å². The van der Waals surface area contributed by atoms with E-state index in [-0.39, 0.29) is 32.8 Å². The second-order valence-corrected chi connectivity index (χ2v) is 10.0. The fourth-order valence-electron chi connectivity index (χ4n) is 2.92. The molecular weight excluding hydrogens is 549 g/mol. The van der Waals surface area contributed by atoms with E-state index in [1.54, 1.807) is 30.3 Å². The summed E-state index contributed by atoms with van der Waals surface area (Å²) in [6.07, 6.45) is 1.25. The van der Waals surface area contributed by atoms with Gasteiger partial charge in [0.1, 0.15) is 19.3 Å². The zero-order chi connectivity index (χ0) is 29.8. The van der Waals surface area contributed by atoms with Crippen LogP contribution in [0.2, 0.25) is 0 Å². The van der Waals surface area contributed by atoms with Crippen molar-refractivity contribution in [2.24, 2.45) is 10.5 Å². The minimum Gasteiger partial charge on any atom is -0.480 e. The lowest BCUT2D eigenvalue weighted by Crippen LogP contribution is -2.47. The number of carboxylic acid groups (broad SMARTS) is 1. The first-order chi connectivity index (χ1) is 19.1. The number of hydrogen-bond donors (Lipinski definition) is 2. The van der Waals surface area contributed by atoms with E-state index in [2.05, 4.69) is 4.76 Å². The normalized spacial score (nSPS) is 12.3. The highest BCUT2D eigenvalue weighted by molar-refractivity contribution is 7.52. The van der Waals surface area contributed by atoms with Gasteiger partial charge in [-0.05, 0) is 18.4 Å². The van der Waals surface area contributed by atoms with Gasteiger partial charge in [-0.25, -0.2) is 18.9 Å². The van der Waals surface area contributed by atoms with Crippen molar-refractivity contribution in [2.45, 2.75) is 52.0 Å². The Morgan fingerprint density at radius 2 is 1.35 bits per heavy atom. The number of rotatable bonds is 19. The SMILES string of the molecule is CCCCOC(=O)OCCOP(=O)(N=C(N)N(C)C(Cc1ccccc1)C(=O)O)OCCOC(=O)OCCCC. The summed E-state index contributed by atoms with van der Waals surface area (Å²) in [7, 11) is -3.02. The molecule has 0 fully saturated rings. The molecule has 1 aromatic rings. The minimum atomic E-state index is -4.39. The smallest absolute Gasteiger partial charge is 0.480 e. The number of carboxylic acids is 1. The summed E-state index contributed by atoms with van der Waals surface area (Å²) in [5.41, 5.74) is 6.74. The fraction of sp³-hybridized carbons (Fsp3) is 0.600. The van der Waals surface area contributed by atoms with Gasteiger partial charge in [0.05, 0.1) is 26.4 Å². The zero-order valence-electron chi connectivity index (χ0n) is 23.2. The van der Waals surface area contributed by atoms with Gasteiger partial charge in [0, 0.05) is 13.5 Å². The number of likely N-dealkylation sites (N-methyl/N-ethyl adjacent to an activating group) is 1. The van der Waals surface area contributed by atoms with Gasteiger partial charge in [-0.2, -0.15) is 0 Å². The summed E-state index contributed by atoms with van der Waals surface area (Å²) in [6, 6.07) is 7.70. The first kappa shape index (κ1) is 34.7. The molecule has 0 saturated carbocycles. The molecule has 0 amide bonds. The highest BCUT2D eigenvalue weighted by Crippen LogP contribution is 2.49. The third kappa shape index (κ3) is 14.7. The summed E-state index contributed by atoms with van der Waals surface area (Å²) < 4.78 is 47.1. The number of ether oxygens (including phenoxy) is 4. The molecule has 0 radical (unpaired) electrons. The Bertz CT molecular complexity index is 944. The summed E-state index contributed by atoms with van der Waals surface area (Å²) in [6.45, 7) is 2.76. The quantitative estimate of drug-likeness (QED) is 0.0777. The lowest BCUT2D eigenvalue weighted by Gasteiger charge is -2.26. The fourth-order valence-corrected chi connectivity index (χ4v) is 4.11. The predicted molar refractivity (Wildman–Crippen MR) is 145 cm³/mol. The molecule has 0 aliphatic heterocycles. The molecule has 0 aliphatic rings. The first-order valence-corrected chi connectivity index (χ1v) is 14.4. The van der Waals surface area contributed by atoms with Crippen LogP contribution in [-0.4, -0.2) is 87.0 Å². The first-order valence-electron chi connectivity index (χ1n) is 12.9. The second kappa shape index (κ2) is 19.7. The Morgan fingerprint density at radius 1 is 0.875 bits per heavy atom. The minimum absolute atomic E-state index is 0.0802. The van der Waals surface area contributed by atoms with Gasteiger partial charge in [0.15, 0.2) is 0 Å². The van der Waals surface area contributed by atoms with Crippen LogP contribution >= 0.6 is 7.75 Å². The number of unbranched alkanes of at least 4 members (excludes halogenated alkanes) is 2. The molecule has 40 heavy (non-hydrogen) atoms. The third-order valence-electron chi connectivity index (χ3n) is 5.16. The summed E-state index contributed by atoms with van der Waals surface area (Å²) in [5.74, 6) is -1.63. The molecule has 3 N–H and O–H groups in total. The van der Waals surface area contributed by atoms with Crippen LogP contribution in [0.15, 0.2) is 35.1 Å². The second-order valence-electron chi connectivity index (χ2n) is 8.35. The number of nitrogens with two attached hydrogens (primary N) is 1. The summed E-state index contributed by atoms with van der Waals surface area (Å²) >= 11 is 0. The lowest BCUT2D eigenvalue weighted by molar-refractivity contribution is -0.141. The van der Waals surface area contributed by atoms with Crippen molar-refractivity contribution in [2.75, 3.05) is 46.7 Å². The monoisotopic (exact) mass is 589 g/mol. The van der Waals surface area contributed by atoms with E-state index in [0.29, 0.717) is 12.8 Å². The molecule has 0 aromatic heterocycles. The number of aliphatic carboxylic acids is 1. The standard InChI is InChI=1S/C25H40N3O11P/c1-4-6-13-34-24(31)36-15-17-38-40(33,39-18-16-37-25(32)35-14-7-5-2)27-23(26)28(3)21(22(29)30)19-20-11-9-8-10-12-20/h8-12,21H,4-7,13-19H2,1-3H3,(H,29,30)(H2,26,27,33). The molecule has 14 nitrogen and oxygen atoms in total. The number of carbonyl (C=O) groups is 3. The highest BCUT2D eigenvalue weighted by atomic mass is 31.2. The average molecular weight is 590 g/mol. The molecule has 1 atom stereocenters. The lowest BCUT2D eigenvalue weighted by atomic mass is 10.1. The molecule has 1 unspecified atom stereocenters. The van der Waals surface area contributed by atoms with Crippen LogP contribution < -0.4 is 5.73 Å². The van der Waals surface area contributed by atoms with Crippen LogP contribution in [0.25, 0.3) is 0 Å². The topological polar surface area (TPSA) is 186 Å². The number of carbonyl (C=O) groups excluding carboxylic acids is 2. The van der Waals surface area contributed by atoms with Crippen molar-refractivity contribution in [1.82, 2.24) is 4.90 Å². The van der Waals surface area contributed by atoms with Crippen molar-refractivity contribution in [3.8, 4) is 0 Å². The number of benzene rings is 1. The van der Waals surface area contributed by atoms with E-state index in [0.717, 1.165) is 23.3 Å².